The van der Waals surface area contributed by atoms with Crippen LogP contribution in [-0.4, -0.2) is 17.0 Å². The minimum atomic E-state index is -0.431. The number of ether oxygens (including phenoxy) is 2. The van der Waals surface area contributed by atoms with Gasteiger partial charge in [-0.15, -0.1) is 0 Å². The summed E-state index contributed by atoms with van der Waals surface area (Å²) in [5.74, 6) is -0.748. The third-order valence-corrected chi connectivity index (χ3v) is 7.55. The molecule has 0 unspecified atom stereocenters. The molecule has 0 aliphatic carbocycles. The lowest BCUT2D eigenvalue weighted by Crippen LogP contribution is -2.09. The van der Waals surface area contributed by atoms with E-state index < -0.39 is 11.9 Å². The predicted octanol–water partition coefficient (Wildman–Crippen LogP) is 14.2. The van der Waals surface area contributed by atoms with Crippen LogP contribution in [0.4, 0.5) is 0 Å². The molecule has 0 saturated carbocycles. The Balaban J connectivity index is 2.19. The molecular weight excluding hydrogens is 681 g/mol. The number of benzene rings is 1. The molecule has 0 amide bonds. The number of aromatic hydroxyl groups is 1. The average molecular weight is 747 g/mol. The van der Waals surface area contributed by atoms with Gasteiger partial charge in [-0.2, -0.15) is 0 Å². The predicted molar refractivity (Wildman–Crippen MR) is 234 cm³/mol. The van der Waals surface area contributed by atoms with E-state index in [9.17, 15) is 14.7 Å². The van der Waals surface area contributed by atoms with Gasteiger partial charge in [0.1, 0.15) is 17.2 Å². The highest BCUT2D eigenvalue weighted by molar-refractivity contribution is 5.74. The van der Waals surface area contributed by atoms with Crippen LogP contribution in [0.2, 0.25) is 0 Å². The number of hydrogen-bond donors (Lipinski definition) is 1. The van der Waals surface area contributed by atoms with E-state index in [1.807, 2.05) is 24.3 Å². The average Bonchev–Trinajstić information content (AvgIpc) is 3.16. The first-order valence-corrected chi connectivity index (χ1v) is 20.1. The number of esters is 2. The largest absolute Gasteiger partial charge is 0.508 e. The monoisotopic (exact) mass is 746 g/mol. The zero-order valence-electron chi connectivity index (χ0n) is 33.5. The highest BCUT2D eigenvalue weighted by Crippen LogP contribution is 2.27. The van der Waals surface area contributed by atoms with Gasteiger partial charge < -0.3 is 14.6 Å². The number of allylic oxidation sites excluding steroid dienone is 24. The Bertz CT molecular complexity index is 1410. The van der Waals surface area contributed by atoms with Crippen LogP contribution >= 0.6 is 0 Å². The van der Waals surface area contributed by atoms with Crippen molar-refractivity contribution in [2.24, 2.45) is 0 Å². The zero-order valence-corrected chi connectivity index (χ0v) is 33.5. The van der Waals surface area contributed by atoms with Crippen molar-refractivity contribution in [1.82, 2.24) is 0 Å². The van der Waals surface area contributed by atoms with E-state index in [1.54, 1.807) is 0 Å². The molecule has 55 heavy (non-hydrogen) atoms. The second kappa shape index (κ2) is 37.2. The number of hydrogen-bond acceptors (Lipinski definition) is 5. The molecule has 1 aromatic carbocycles. The van der Waals surface area contributed by atoms with Gasteiger partial charge in [-0.1, -0.05) is 160 Å². The summed E-state index contributed by atoms with van der Waals surface area (Å²) in [5.41, 5.74) is 0. The van der Waals surface area contributed by atoms with Crippen molar-refractivity contribution in [2.75, 3.05) is 0 Å². The van der Waals surface area contributed by atoms with Gasteiger partial charge >= 0.3 is 11.9 Å². The Morgan fingerprint density at radius 1 is 0.400 bits per heavy atom. The molecule has 5 heteroatoms. The zero-order chi connectivity index (χ0) is 39.7. The summed E-state index contributed by atoms with van der Waals surface area (Å²) in [6.07, 6.45) is 64.2. The number of carbonyl (C=O) groups is 2. The SMILES string of the molecule is CC/C=C\C/C=C\C/C=C\C/C=C\C/C=C\C/C=C\CCC(=O)Oc1cc(O)cc(OC(=O)CC/C=C\C/C=C\C/C=C\C/C=C\C/C=C\C/C=C\CC)c1. The summed E-state index contributed by atoms with van der Waals surface area (Å²) in [5, 5.41) is 10.1. The van der Waals surface area contributed by atoms with Crippen LogP contribution in [0.25, 0.3) is 0 Å². The summed E-state index contributed by atoms with van der Waals surface area (Å²) in [7, 11) is 0. The molecule has 5 nitrogen and oxygen atoms in total. The number of phenolic OH excluding ortho intramolecular Hbond substituents is 1. The second-order valence-corrected chi connectivity index (χ2v) is 12.5. The highest BCUT2D eigenvalue weighted by Gasteiger charge is 2.10. The lowest BCUT2D eigenvalue weighted by atomic mass is 10.2. The van der Waals surface area contributed by atoms with Crippen LogP contribution in [-0.2, 0) is 9.59 Å². The van der Waals surface area contributed by atoms with Gasteiger partial charge in [0.2, 0.25) is 0 Å². The van der Waals surface area contributed by atoms with Crippen LogP contribution < -0.4 is 9.47 Å². The van der Waals surface area contributed by atoms with Crippen LogP contribution in [0, 0.1) is 0 Å². The van der Waals surface area contributed by atoms with Gasteiger partial charge in [-0.05, 0) is 89.9 Å². The summed E-state index contributed by atoms with van der Waals surface area (Å²) in [4.78, 5) is 24.7. The van der Waals surface area contributed by atoms with Crippen molar-refractivity contribution in [1.29, 1.82) is 0 Å². The Morgan fingerprint density at radius 3 is 0.891 bits per heavy atom. The molecule has 0 spiro atoms. The number of phenols is 1. The van der Waals surface area contributed by atoms with E-state index in [0.717, 1.165) is 77.0 Å². The Kier molecular flexibility index (Phi) is 32.3. The molecule has 0 aromatic heterocycles. The van der Waals surface area contributed by atoms with Gasteiger partial charge in [0.15, 0.2) is 0 Å². The van der Waals surface area contributed by atoms with E-state index in [4.69, 9.17) is 9.47 Å². The smallest absolute Gasteiger partial charge is 0.311 e. The molecule has 0 aliphatic rings. The van der Waals surface area contributed by atoms with Crippen molar-refractivity contribution in [2.45, 2.75) is 117 Å². The van der Waals surface area contributed by atoms with E-state index in [-0.39, 0.29) is 30.1 Å². The molecule has 0 bridgehead atoms. The summed E-state index contributed by atoms with van der Waals surface area (Å²) < 4.78 is 10.7. The van der Waals surface area contributed by atoms with E-state index in [2.05, 4.69) is 135 Å². The molecule has 296 valence electrons. The lowest BCUT2D eigenvalue weighted by molar-refractivity contribution is -0.134. The highest BCUT2D eigenvalue weighted by atomic mass is 16.5. The molecule has 1 N–H and O–H groups in total. The summed E-state index contributed by atoms with van der Waals surface area (Å²) in [6, 6.07) is 4.08. The van der Waals surface area contributed by atoms with Crippen molar-refractivity contribution >= 4 is 11.9 Å². The van der Waals surface area contributed by atoms with E-state index in [0.29, 0.717) is 12.8 Å². The number of carbonyl (C=O) groups excluding carboxylic acids is 2. The fourth-order valence-corrected chi connectivity index (χ4v) is 4.72. The van der Waals surface area contributed by atoms with Crippen molar-refractivity contribution < 1.29 is 24.2 Å². The first-order chi connectivity index (χ1) is 27.0. The van der Waals surface area contributed by atoms with E-state index >= 15 is 0 Å². The minimum Gasteiger partial charge on any atom is -0.508 e. The maximum absolute atomic E-state index is 12.3. The van der Waals surface area contributed by atoms with Crippen LogP contribution in [0.3, 0.4) is 0 Å². The molecule has 0 fully saturated rings. The van der Waals surface area contributed by atoms with Crippen molar-refractivity contribution in [3.05, 3.63) is 164 Å². The molecule has 1 rings (SSSR count). The molecule has 0 heterocycles. The molecule has 0 radical (unpaired) electrons. The molecule has 0 atom stereocenters. The van der Waals surface area contributed by atoms with Crippen LogP contribution in [0.15, 0.2) is 164 Å². The van der Waals surface area contributed by atoms with Crippen molar-refractivity contribution in [3.63, 3.8) is 0 Å². The first kappa shape index (κ1) is 47.9. The normalized spacial score (nSPS) is 13.1. The number of rotatable bonds is 30. The first-order valence-electron chi connectivity index (χ1n) is 20.1. The Labute approximate surface area is 333 Å². The van der Waals surface area contributed by atoms with Gasteiger partial charge in [0.25, 0.3) is 0 Å². The summed E-state index contributed by atoms with van der Waals surface area (Å²) >= 11 is 0. The topological polar surface area (TPSA) is 72.8 Å². The fourth-order valence-electron chi connectivity index (χ4n) is 4.72. The fraction of sp³-hybridized carbons (Fsp3) is 0.360. The summed E-state index contributed by atoms with van der Waals surface area (Å²) in [6.45, 7) is 4.29. The minimum absolute atomic E-state index is 0.132. The van der Waals surface area contributed by atoms with Gasteiger partial charge in [-0.3, -0.25) is 9.59 Å². The molecule has 0 aliphatic heterocycles. The van der Waals surface area contributed by atoms with Crippen LogP contribution in [0.1, 0.15) is 117 Å². The second-order valence-electron chi connectivity index (χ2n) is 12.5. The third-order valence-electron chi connectivity index (χ3n) is 7.55. The maximum atomic E-state index is 12.3. The molecule has 0 saturated heterocycles. The van der Waals surface area contributed by atoms with Gasteiger partial charge in [0.05, 0.1) is 0 Å². The Hall–Kier alpha value is -5.16. The van der Waals surface area contributed by atoms with E-state index in [1.165, 1.54) is 18.2 Å². The lowest BCUT2D eigenvalue weighted by Gasteiger charge is -2.08. The third kappa shape index (κ3) is 33.2. The Morgan fingerprint density at radius 2 is 0.636 bits per heavy atom. The molecular formula is C50H66O5. The standard InChI is InChI=1S/C50H66O5/c1-3-5-7-9-11-13-15-17-19-21-23-25-27-29-31-33-35-37-39-41-49(52)54-47-43-46(51)44-48(45-47)55-50(53)42-40-38-36-34-32-30-28-26-24-22-20-18-16-14-12-10-8-6-4-2/h5-8,11-14,17-20,23-26,29-32,35-38,43-45,51H,3-4,9-10,15-16,21-22,27-28,33-34,39-42H2,1-2H3/b7-5-,8-6-,13-11-,14-12-,19-17-,20-18-,25-23-,26-24-,31-29-,32-30-,37-35-,38-36-. The van der Waals surface area contributed by atoms with Crippen molar-refractivity contribution in [3.8, 4) is 17.2 Å². The van der Waals surface area contributed by atoms with Gasteiger partial charge in [0, 0.05) is 31.0 Å². The molecule has 1 aromatic rings. The quantitative estimate of drug-likeness (QED) is 0.0482. The maximum Gasteiger partial charge on any atom is 0.311 e. The van der Waals surface area contributed by atoms with Gasteiger partial charge in [-0.25, -0.2) is 0 Å². The van der Waals surface area contributed by atoms with Crippen LogP contribution in [0.5, 0.6) is 17.2 Å².